The Morgan fingerprint density at radius 3 is 1.29 bits per heavy atom. The molecule has 0 aliphatic heterocycles. The van der Waals surface area contributed by atoms with E-state index in [-0.39, 0.29) is 0 Å². The first-order valence-corrected chi connectivity index (χ1v) is 6.24. The molecule has 0 rings (SSSR count). The normalized spacial score (nSPS) is 9.43. The van der Waals surface area contributed by atoms with Crippen LogP contribution in [-0.4, -0.2) is 26.2 Å². The van der Waals surface area contributed by atoms with Crippen molar-refractivity contribution in [3.63, 3.8) is 0 Å². The van der Waals surface area contributed by atoms with E-state index in [4.69, 9.17) is 0 Å². The summed E-state index contributed by atoms with van der Waals surface area (Å²) in [6.45, 7) is 13.2. The van der Waals surface area contributed by atoms with E-state index >= 15 is 0 Å². The molecule has 2 heteroatoms. The Balaban J connectivity index is 0. The molecule has 0 aliphatic carbocycles. The predicted molar refractivity (Wildman–Crippen MR) is 66.9 cm³/mol. The van der Waals surface area contributed by atoms with Gasteiger partial charge < -0.3 is 10.6 Å². The molecule has 0 saturated carbocycles. The van der Waals surface area contributed by atoms with Crippen molar-refractivity contribution < 1.29 is 0 Å². The molecule has 0 amide bonds. The molecule has 0 spiro atoms. The molecule has 0 aromatic rings. The molecule has 0 aromatic carbocycles. The summed E-state index contributed by atoms with van der Waals surface area (Å²) in [5.41, 5.74) is 0. The van der Waals surface area contributed by atoms with Crippen LogP contribution in [0.25, 0.3) is 0 Å². The summed E-state index contributed by atoms with van der Waals surface area (Å²) in [6, 6.07) is 0. The molecule has 0 aromatic heterocycles. The quantitative estimate of drug-likeness (QED) is 0.591. The summed E-state index contributed by atoms with van der Waals surface area (Å²) in [5, 5.41) is 6.50. The molecule has 2 N–H and O–H groups in total. The largest absolute Gasteiger partial charge is 0.317 e. The van der Waals surface area contributed by atoms with Crippen molar-refractivity contribution in [2.24, 2.45) is 0 Å². The maximum absolute atomic E-state index is 3.39. The summed E-state index contributed by atoms with van der Waals surface area (Å²) >= 11 is 0. The van der Waals surface area contributed by atoms with Gasteiger partial charge >= 0.3 is 0 Å². The van der Waals surface area contributed by atoms with Crippen LogP contribution in [0.5, 0.6) is 0 Å². The van der Waals surface area contributed by atoms with Gasteiger partial charge in [-0.3, -0.25) is 0 Å². The van der Waals surface area contributed by atoms with E-state index in [2.05, 4.69) is 38.3 Å². The molecule has 2 nitrogen and oxygen atoms in total. The van der Waals surface area contributed by atoms with E-state index in [9.17, 15) is 0 Å². The average molecular weight is 202 g/mol. The lowest BCUT2D eigenvalue weighted by atomic mass is 10.3. The van der Waals surface area contributed by atoms with Crippen LogP contribution in [0.3, 0.4) is 0 Å². The van der Waals surface area contributed by atoms with Crippen LogP contribution in [0.4, 0.5) is 0 Å². The molecular weight excluding hydrogens is 172 g/mol. The Morgan fingerprint density at radius 1 is 0.643 bits per heavy atom. The van der Waals surface area contributed by atoms with Crippen LogP contribution < -0.4 is 10.6 Å². The minimum absolute atomic E-state index is 1.09. The highest BCUT2D eigenvalue weighted by Crippen LogP contribution is 1.85. The molecular formula is C12H30N2. The summed E-state index contributed by atoms with van der Waals surface area (Å²) in [7, 11) is 0. The highest BCUT2D eigenvalue weighted by atomic mass is 14.8. The van der Waals surface area contributed by atoms with Crippen LogP contribution in [0.2, 0.25) is 0 Å². The summed E-state index contributed by atoms with van der Waals surface area (Å²) in [4.78, 5) is 0. The maximum atomic E-state index is 3.39. The van der Waals surface area contributed by atoms with Crippen molar-refractivity contribution in [1.29, 1.82) is 0 Å². The first-order valence-electron chi connectivity index (χ1n) is 6.24. The van der Waals surface area contributed by atoms with Gasteiger partial charge in [0.25, 0.3) is 0 Å². The predicted octanol–water partition coefficient (Wildman–Crippen LogP) is 2.79. The van der Waals surface area contributed by atoms with Gasteiger partial charge in [0.15, 0.2) is 0 Å². The first-order chi connectivity index (χ1) is 6.83. The lowest BCUT2D eigenvalue weighted by Gasteiger charge is -1.99. The molecule has 0 aliphatic rings. The fourth-order valence-electron chi connectivity index (χ4n) is 0.979. The van der Waals surface area contributed by atoms with Gasteiger partial charge in [-0.1, -0.05) is 40.5 Å². The summed E-state index contributed by atoms with van der Waals surface area (Å²) in [5.74, 6) is 0. The summed E-state index contributed by atoms with van der Waals surface area (Å²) < 4.78 is 0. The van der Waals surface area contributed by atoms with Gasteiger partial charge in [0.2, 0.25) is 0 Å². The molecule has 14 heavy (non-hydrogen) atoms. The van der Waals surface area contributed by atoms with Crippen LogP contribution in [-0.2, 0) is 0 Å². The van der Waals surface area contributed by atoms with Gasteiger partial charge in [0.1, 0.15) is 0 Å². The van der Waals surface area contributed by atoms with Gasteiger partial charge in [0.05, 0.1) is 0 Å². The minimum Gasteiger partial charge on any atom is -0.317 e. The fraction of sp³-hybridized carbons (Fsp3) is 1.00. The number of nitrogens with one attached hydrogen (secondary N) is 2. The fourth-order valence-corrected chi connectivity index (χ4v) is 0.979. The van der Waals surface area contributed by atoms with E-state index in [0.29, 0.717) is 0 Å². The second-order valence-electron chi connectivity index (χ2n) is 3.41. The molecule has 0 unspecified atom stereocenters. The molecule has 0 radical (unpaired) electrons. The van der Waals surface area contributed by atoms with Crippen LogP contribution in [0.15, 0.2) is 0 Å². The third-order valence-electron chi connectivity index (χ3n) is 1.91. The SMILES string of the molecule is CCCCNCCCC.CCNCC. The van der Waals surface area contributed by atoms with Crippen molar-refractivity contribution in [3.8, 4) is 0 Å². The Kier molecular flexibility index (Phi) is 21.8. The number of hydrogen-bond donors (Lipinski definition) is 2. The maximum Gasteiger partial charge on any atom is -0.00490 e. The van der Waals surface area contributed by atoms with Crippen molar-refractivity contribution >= 4 is 0 Å². The van der Waals surface area contributed by atoms with E-state index < -0.39 is 0 Å². The Bertz CT molecular complexity index is 66.7. The zero-order valence-corrected chi connectivity index (χ0v) is 10.7. The monoisotopic (exact) mass is 202 g/mol. The van der Waals surface area contributed by atoms with Gasteiger partial charge in [-0.15, -0.1) is 0 Å². The van der Waals surface area contributed by atoms with Crippen molar-refractivity contribution in [2.45, 2.75) is 53.4 Å². The standard InChI is InChI=1S/C8H19N.C4H11N/c1-3-5-7-9-8-6-4-2;1-3-5-4-2/h9H,3-8H2,1-2H3;5H,3-4H2,1-2H3. The van der Waals surface area contributed by atoms with E-state index in [1.54, 1.807) is 0 Å². The van der Waals surface area contributed by atoms with Crippen molar-refractivity contribution in [2.75, 3.05) is 26.2 Å². The van der Waals surface area contributed by atoms with Crippen molar-refractivity contribution in [3.05, 3.63) is 0 Å². The molecule has 0 fully saturated rings. The van der Waals surface area contributed by atoms with E-state index in [1.807, 2.05) is 0 Å². The van der Waals surface area contributed by atoms with Gasteiger partial charge in [-0.25, -0.2) is 0 Å². The number of unbranched alkanes of at least 4 members (excludes halogenated alkanes) is 2. The van der Waals surface area contributed by atoms with Gasteiger partial charge in [0, 0.05) is 0 Å². The highest BCUT2D eigenvalue weighted by Gasteiger charge is 1.83. The molecule has 0 heterocycles. The smallest absolute Gasteiger partial charge is 0.00490 e. The average Bonchev–Trinajstić information content (AvgIpc) is 2.20. The van der Waals surface area contributed by atoms with Crippen LogP contribution >= 0.6 is 0 Å². The number of hydrogen-bond acceptors (Lipinski definition) is 2. The van der Waals surface area contributed by atoms with Crippen molar-refractivity contribution in [1.82, 2.24) is 10.6 Å². The first kappa shape index (κ1) is 16.4. The highest BCUT2D eigenvalue weighted by molar-refractivity contribution is 4.45. The lowest BCUT2D eigenvalue weighted by molar-refractivity contribution is 0.611. The second-order valence-corrected chi connectivity index (χ2v) is 3.41. The second kappa shape index (κ2) is 18.7. The number of rotatable bonds is 8. The molecule has 0 bridgehead atoms. The zero-order valence-electron chi connectivity index (χ0n) is 10.7. The van der Waals surface area contributed by atoms with E-state index in [0.717, 1.165) is 13.1 Å². The van der Waals surface area contributed by atoms with Crippen LogP contribution in [0, 0.1) is 0 Å². The van der Waals surface area contributed by atoms with Gasteiger partial charge in [-0.2, -0.15) is 0 Å². The Morgan fingerprint density at radius 2 is 1.07 bits per heavy atom. The van der Waals surface area contributed by atoms with Crippen LogP contribution in [0.1, 0.15) is 53.4 Å². The molecule has 0 saturated heterocycles. The third kappa shape index (κ3) is 22.7. The lowest BCUT2D eigenvalue weighted by Crippen LogP contribution is -2.15. The van der Waals surface area contributed by atoms with E-state index in [1.165, 1.54) is 38.8 Å². The Labute approximate surface area is 90.9 Å². The van der Waals surface area contributed by atoms with Gasteiger partial charge in [-0.05, 0) is 39.0 Å². The Hall–Kier alpha value is -0.0800. The summed E-state index contributed by atoms with van der Waals surface area (Å²) in [6.07, 6.45) is 5.26. The topological polar surface area (TPSA) is 24.1 Å². The zero-order chi connectivity index (χ0) is 11.1. The third-order valence-corrected chi connectivity index (χ3v) is 1.91. The molecule has 0 atom stereocenters. The minimum atomic E-state index is 1.09. The molecule has 88 valence electrons.